The smallest absolute Gasteiger partial charge is 0.200 e. The van der Waals surface area contributed by atoms with Crippen molar-refractivity contribution in [3.63, 3.8) is 0 Å². The number of rotatable bonds is 15. The lowest BCUT2D eigenvalue weighted by Crippen LogP contribution is -2.19. The van der Waals surface area contributed by atoms with Crippen molar-refractivity contribution in [1.29, 1.82) is 0 Å². The number of phenols is 10. The third kappa shape index (κ3) is 9.70. The molecule has 0 aromatic heterocycles. The molecule has 6 rings (SSSR count). The third-order valence-corrected chi connectivity index (χ3v) is 10.5. The van der Waals surface area contributed by atoms with E-state index in [4.69, 9.17) is 0 Å². The molecule has 0 aliphatic carbocycles. The molecule has 10 N–H and O–H groups in total. The highest BCUT2D eigenvalue weighted by atomic mass is 16.3. The van der Waals surface area contributed by atoms with Crippen molar-refractivity contribution < 1.29 is 51.1 Å². The number of phenolic OH excluding ortho intramolecular Hbond substituents is 10. The Morgan fingerprint density at radius 3 is 1.14 bits per heavy atom. The standard InChI is InChI=1S/C46H46O10/c47-37-17-14-31(21-39(37)49)13-15-34(19-29-7-1-27(2-8-29)5-11-32-22-41(51)45(55)42(52)23-32)36(35-16-18-38(48)40(50)26-35)20-30-9-3-28(4-10-30)6-12-33-24-43(53)46(56)44(54)25-33/h1-4,7-10,14,16-18,21-26,34,36,47-56H,5-6,11-13,15,19-20H2/t34-,36-/m0/s1. The molecule has 0 heterocycles. The van der Waals surface area contributed by atoms with Crippen LogP contribution in [0.25, 0.3) is 0 Å². The minimum atomic E-state index is -0.543. The van der Waals surface area contributed by atoms with Crippen LogP contribution in [0.5, 0.6) is 57.5 Å². The van der Waals surface area contributed by atoms with Crippen LogP contribution < -0.4 is 0 Å². The largest absolute Gasteiger partial charge is 0.504 e. The van der Waals surface area contributed by atoms with Crippen molar-refractivity contribution >= 4 is 0 Å². The molecule has 0 radical (unpaired) electrons. The molecule has 290 valence electrons. The number of aryl methyl sites for hydroxylation is 5. The maximum Gasteiger partial charge on any atom is 0.200 e. The fourth-order valence-electron chi connectivity index (χ4n) is 7.28. The summed E-state index contributed by atoms with van der Waals surface area (Å²) >= 11 is 0. The van der Waals surface area contributed by atoms with E-state index < -0.39 is 11.5 Å². The molecule has 0 unspecified atom stereocenters. The molecule has 0 saturated carbocycles. The van der Waals surface area contributed by atoms with Crippen LogP contribution in [0.1, 0.15) is 56.8 Å². The van der Waals surface area contributed by atoms with Crippen molar-refractivity contribution in [2.24, 2.45) is 5.92 Å². The molecule has 0 fully saturated rings. The summed E-state index contributed by atoms with van der Waals surface area (Å²) in [6, 6.07) is 32.0. The average molecular weight is 759 g/mol. The predicted octanol–water partition coefficient (Wildman–Crippen LogP) is 8.13. The molecule has 0 spiro atoms. The Labute approximate surface area is 324 Å². The van der Waals surface area contributed by atoms with Crippen LogP contribution in [0.15, 0.2) is 109 Å². The Morgan fingerprint density at radius 1 is 0.304 bits per heavy atom. The number of benzene rings is 6. The van der Waals surface area contributed by atoms with Gasteiger partial charge in [-0.1, -0.05) is 60.7 Å². The zero-order chi connectivity index (χ0) is 39.9. The summed E-state index contributed by atoms with van der Waals surface area (Å²) in [4.78, 5) is 0. The summed E-state index contributed by atoms with van der Waals surface area (Å²) in [5, 5.41) is 99.9. The van der Waals surface area contributed by atoms with Crippen LogP contribution in [-0.4, -0.2) is 51.1 Å². The van der Waals surface area contributed by atoms with Crippen LogP contribution in [0.3, 0.4) is 0 Å². The summed E-state index contributed by atoms with van der Waals surface area (Å²) < 4.78 is 0. The molecule has 6 aromatic carbocycles. The van der Waals surface area contributed by atoms with Gasteiger partial charge in [0.25, 0.3) is 0 Å². The SMILES string of the molecule is Oc1ccc(CC[C@@H](Cc2ccc(CCc3cc(O)c(O)c(O)c3)cc2)[C@H](Cc2ccc(CCc3cc(O)c(O)c(O)c3)cc2)c2ccc(O)c(O)c2)cc1O. The van der Waals surface area contributed by atoms with E-state index in [1.165, 1.54) is 36.4 Å². The van der Waals surface area contributed by atoms with Crippen molar-refractivity contribution in [3.05, 3.63) is 154 Å². The Morgan fingerprint density at radius 2 is 0.679 bits per heavy atom. The quantitative estimate of drug-likeness (QED) is 0.0456. The minimum Gasteiger partial charge on any atom is -0.504 e. The van der Waals surface area contributed by atoms with Gasteiger partial charge in [0.05, 0.1) is 0 Å². The van der Waals surface area contributed by atoms with E-state index in [9.17, 15) is 51.1 Å². The van der Waals surface area contributed by atoms with Crippen LogP contribution in [0.4, 0.5) is 0 Å². The molecule has 0 bridgehead atoms. The molecule has 2 atom stereocenters. The van der Waals surface area contributed by atoms with Crippen molar-refractivity contribution in [2.75, 3.05) is 0 Å². The summed E-state index contributed by atoms with van der Waals surface area (Å²) in [5.41, 5.74) is 7.32. The highest BCUT2D eigenvalue weighted by molar-refractivity contribution is 5.52. The third-order valence-electron chi connectivity index (χ3n) is 10.5. The first-order valence-electron chi connectivity index (χ1n) is 18.5. The lowest BCUT2D eigenvalue weighted by molar-refractivity contribution is 0.367. The number of hydrogen-bond acceptors (Lipinski definition) is 10. The van der Waals surface area contributed by atoms with Crippen LogP contribution >= 0.6 is 0 Å². The second-order valence-corrected chi connectivity index (χ2v) is 14.5. The second kappa shape index (κ2) is 17.2. The van der Waals surface area contributed by atoms with E-state index in [1.807, 2.05) is 30.3 Å². The lowest BCUT2D eigenvalue weighted by Gasteiger charge is -2.29. The van der Waals surface area contributed by atoms with Crippen molar-refractivity contribution in [2.45, 2.75) is 57.3 Å². The molecular weight excluding hydrogens is 712 g/mol. The van der Waals surface area contributed by atoms with E-state index in [-0.39, 0.29) is 57.8 Å². The zero-order valence-electron chi connectivity index (χ0n) is 30.7. The highest BCUT2D eigenvalue weighted by Gasteiger charge is 2.26. The number of aromatic hydroxyl groups is 10. The molecule has 6 aromatic rings. The van der Waals surface area contributed by atoms with E-state index in [0.29, 0.717) is 62.5 Å². The summed E-state index contributed by atoms with van der Waals surface area (Å²) in [7, 11) is 0. The fraction of sp³-hybridized carbons (Fsp3) is 0.217. The molecule has 0 aliphatic rings. The van der Waals surface area contributed by atoms with Gasteiger partial charge in [0.2, 0.25) is 0 Å². The van der Waals surface area contributed by atoms with Gasteiger partial charge in [0.1, 0.15) is 0 Å². The summed E-state index contributed by atoms with van der Waals surface area (Å²) in [6.45, 7) is 0. The molecule has 10 nitrogen and oxygen atoms in total. The highest BCUT2D eigenvalue weighted by Crippen LogP contribution is 2.40. The normalized spacial score (nSPS) is 12.4. The van der Waals surface area contributed by atoms with Gasteiger partial charge < -0.3 is 51.1 Å². The van der Waals surface area contributed by atoms with Gasteiger partial charge in [-0.2, -0.15) is 0 Å². The Balaban J connectivity index is 1.24. The number of hydrogen-bond donors (Lipinski definition) is 10. The molecular formula is C46H46O10. The first-order chi connectivity index (χ1) is 26.8. The summed E-state index contributed by atoms with van der Waals surface area (Å²) in [5.74, 6) is -3.47. The van der Waals surface area contributed by atoms with Gasteiger partial charge in [-0.3, -0.25) is 0 Å². The zero-order valence-corrected chi connectivity index (χ0v) is 30.7. The van der Waals surface area contributed by atoms with Gasteiger partial charge in [0.15, 0.2) is 57.5 Å². The fourth-order valence-corrected chi connectivity index (χ4v) is 7.28. The van der Waals surface area contributed by atoms with Gasteiger partial charge in [-0.15, -0.1) is 0 Å². The molecule has 10 heteroatoms. The minimum absolute atomic E-state index is 0.0122. The Bertz CT molecular complexity index is 2240. The molecule has 0 saturated heterocycles. The van der Waals surface area contributed by atoms with E-state index in [2.05, 4.69) is 24.3 Å². The van der Waals surface area contributed by atoms with Gasteiger partial charge >= 0.3 is 0 Å². The first-order valence-corrected chi connectivity index (χ1v) is 18.5. The maximum atomic E-state index is 10.6. The molecule has 0 amide bonds. The van der Waals surface area contributed by atoms with Crippen LogP contribution in [0, 0.1) is 5.92 Å². The monoisotopic (exact) mass is 758 g/mol. The van der Waals surface area contributed by atoms with Gasteiger partial charge in [-0.25, -0.2) is 0 Å². The first kappa shape index (κ1) is 39.0. The molecule has 56 heavy (non-hydrogen) atoms. The summed E-state index contributed by atoms with van der Waals surface area (Å²) in [6.07, 6.45) is 4.92. The van der Waals surface area contributed by atoms with Gasteiger partial charge in [0, 0.05) is 0 Å². The van der Waals surface area contributed by atoms with E-state index in [0.717, 1.165) is 33.4 Å². The van der Waals surface area contributed by atoms with Crippen LogP contribution in [0.2, 0.25) is 0 Å². The Kier molecular flexibility index (Phi) is 12.0. The van der Waals surface area contributed by atoms with Crippen molar-refractivity contribution in [1.82, 2.24) is 0 Å². The Hall–Kier alpha value is -6.68. The lowest BCUT2D eigenvalue weighted by atomic mass is 9.75. The van der Waals surface area contributed by atoms with E-state index >= 15 is 0 Å². The topological polar surface area (TPSA) is 202 Å². The predicted molar refractivity (Wildman–Crippen MR) is 212 cm³/mol. The maximum absolute atomic E-state index is 10.6. The van der Waals surface area contributed by atoms with Crippen LogP contribution in [-0.2, 0) is 44.9 Å². The van der Waals surface area contributed by atoms with Crippen molar-refractivity contribution in [3.8, 4) is 57.5 Å². The molecule has 0 aliphatic heterocycles. The van der Waals surface area contributed by atoms with Gasteiger partial charge in [-0.05, 0) is 156 Å². The average Bonchev–Trinajstić information content (AvgIpc) is 3.18. The van der Waals surface area contributed by atoms with E-state index in [1.54, 1.807) is 18.2 Å². The second-order valence-electron chi connectivity index (χ2n) is 14.5.